The largest absolute Gasteiger partial charge is 0.463 e. The Morgan fingerprint density at radius 3 is 2.77 bits per heavy atom. The zero-order chi connectivity index (χ0) is 15.5. The molecule has 22 heavy (non-hydrogen) atoms. The number of aryl methyl sites for hydroxylation is 1. The fraction of sp³-hybridized carbons (Fsp3) is 0.250. The first-order valence-electron chi connectivity index (χ1n) is 6.93. The van der Waals surface area contributed by atoms with E-state index >= 15 is 0 Å². The molecule has 1 aliphatic rings. The van der Waals surface area contributed by atoms with Crippen LogP contribution in [0.5, 0.6) is 0 Å². The van der Waals surface area contributed by atoms with Crippen molar-refractivity contribution in [1.29, 1.82) is 5.26 Å². The molecule has 2 aromatic rings. The second-order valence-corrected chi connectivity index (χ2v) is 6.17. The molecule has 1 atom stereocenters. The van der Waals surface area contributed by atoms with E-state index in [4.69, 9.17) is 9.68 Å². The molecule has 2 heterocycles. The van der Waals surface area contributed by atoms with Gasteiger partial charge in [-0.25, -0.2) is 4.79 Å². The first-order chi connectivity index (χ1) is 10.7. The lowest BCUT2D eigenvalue weighted by atomic mass is 10.2. The van der Waals surface area contributed by atoms with E-state index in [2.05, 4.69) is 11.4 Å². The highest BCUT2D eigenvalue weighted by Gasteiger charge is 2.32. The van der Waals surface area contributed by atoms with Gasteiger partial charge in [0, 0.05) is 18.0 Å². The average Bonchev–Trinajstić information content (AvgIpc) is 3.16. The number of nitriles is 1. The maximum atomic E-state index is 12.5. The summed E-state index contributed by atoms with van der Waals surface area (Å²) in [5, 5.41) is 11.6. The van der Waals surface area contributed by atoms with Gasteiger partial charge in [0.05, 0.1) is 11.6 Å². The van der Waals surface area contributed by atoms with E-state index in [1.165, 1.54) is 0 Å². The molecular formula is C16H15N3O2S. The molecule has 1 saturated heterocycles. The quantitative estimate of drug-likeness (QED) is 0.917. The normalized spacial score (nSPS) is 17.3. The zero-order valence-electron chi connectivity index (χ0n) is 12.1. The summed E-state index contributed by atoms with van der Waals surface area (Å²) in [6.07, 6.45) is 0. The maximum absolute atomic E-state index is 12.5. The number of furan rings is 1. The van der Waals surface area contributed by atoms with Gasteiger partial charge in [-0.1, -0.05) is 0 Å². The van der Waals surface area contributed by atoms with Gasteiger partial charge in [0.25, 0.3) is 0 Å². The highest BCUT2D eigenvalue weighted by Crippen LogP contribution is 2.38. The van der Waals surface area contributed by atoms with Gasteiger partial charge in [-0.15, -0.1) is 11.8 Å². The van der Waals surface area contributed by atoms with Crippen LogP contribution < -0.4 is 5.32 Å². The van der Waals surface area contributed by atoms with E-state index in [-0.39, 0.29) is 11.4 Å². The zero-order valence-corrected chi connectivity index (χ0v) is 12.9. The third-order valence-electron chi connectivity index (χ3n) is 3.42. The van der Waals surface area contributed by atoms with Crippen molar-refractivity contribution >= 4 is 23.5 Å². The lowest BCUT2D eigenvalue weighted by Crippen LogP contribution is -2.34. The molecule has 1 N–H and O–H groups in total. The Hall–Kier alpha value is -2.39. The molecule has 1 aromatic heterocycles. The van der Waals surface area contributed by atoms with Crippen LogP contribution in [0.1, 0.15) is 22.5 Å². The predicted octanol–water partition coefficient (Wildman–Crippen LogP) is 3.74. The van der Waals surface area contributed by atoms with Crippen molar-refractivity contribution in [3.63, 3.8) is 0 Å². The van der Waals surface area contributed by atoms with Crippen LogP contribution in [0, 0.1) is 18.3 Å². The molecule has 5 nitrogen and oxygen atoms in total. The minimum absolute atomic E-state index is 0.0907. The van der Waals surface area contributed by atoms with Crippen molar-refractivity contribution in [2.24, 2.45) is 0 Å². The number of nitrogens with zero attached hydrogens (tertiary/aromatic N) is 2. The third kappa shape index (κ3) is 2.95. The molecule has 112 valence electrons. The Morgan fingerprint density at radius 1 is 1.36 bits per heavy atom. The second-order valence-electron chi connectivity index (χ2n) is 4.98. The van der Waals surface area contributed by atoms with Gasteiger partial charge in [0.2, 0.25) is 0 Å². The van der Waals surface area contributed by atoms with E-state index in [1.54, 1.807) is 40.9 Å². The Labute approximate surface area is 132 Å². The molecule has 0 bridgehead atoms. The van der Waals surface area contributed by atoms with E-state index in [1.807, 2.05) is 19.1 Å². The number of carbonyl (C=O) groups excluding carboxylic acids is 1. The fourth-order valence-electron chi connectivity index (χ4n) is 2.32. The van der Waals surface area contributed by atoms with Crippen molar-refractivity contribution in [2.45, 2.75) is 12.3 Å². The van der Waals surface area contributed by atoms with Crippen molar-refractivity contribution in [2.75, 3.05) is 17.6 Å². The number of amides is 2. The minimum Gasteiger partial charge on any atom is -0.463 e. The van der Waals surface area contributed by atoms with Crippen LogP contribution in [0.15, 0.2) is 40.8 Å². The van der Waals surface area contributed by atoms with Gasteiger partial charge in [0.1, 0.15) is 16.9 Å². The number of urea groups is 1. The van der Waals surface area contributed by atoms with Gasteiger partial charge in [-0.2, -0.15) is 5.26 Å². The highest BCUT2D eigenvalue weighted by atomic mass is 32.2. The van der Waals surface area contributed by atoms with Crippen LogP contribution in [0.2, 0.25) is 0 Å². The van der Waals surface area contributed by atoms with Crippen LogP contribution in [-0.4, -0.2) is 23.2 Å². The van der Waals surface area contributed by atoms with Gasteiger partial charge >= 0.3 is 6.03 Å². The number of carbonyl (C=O) groups is 1. The summed E-state index contributed by atoms with van der Waals surface area (Å²) in [4.78, 5) is 14.2. The van der Waals surface area contributed by atoms with E-state index in [0.29, 0.717) is 17.8 Å². The molecule has 2 amide bonds. The molecule has 0 radical (unpaired) electrons. The smallest absolute Gasteiger partial charge is 0.323 e. The summed E-state index contributed by atoms with van der Waals surface area (Å²) in [5.41, 5.74) is 1.24. The Bertz CT molecular complexity index is 718. The topological polar surface area (TPSA) is 69.3 Å². The van der Waals surface area contributed by atoms with Gasteiger partial charge < -0.3 is 14.6 Å². The van der Waals surface area contributed by atoms with Crippen molar-refractivity contribution in [1.82, 2.24) is 4.90 Å². The number of nitrogens with one attached hydrogen (secondary N) is 1. The maximum Gasteiger partial charge on any atom is 0.323 e. The third-order valence-corrected chi connectivity index (χ3v) is 4.64. The van der Waals surface area contributed by atoms with E-state index in [0.717, 1.165) is 17.3 Å². The summed E-state index contributed by atoms with van der Waals surface area (Å²) >= 11 is 1.69. The van der Waals surface area contributed by atoms with Crippen LogP contribution in [-0.2, 0) is 0 Å². The lowest BCUT2D eigenvalue weighted by molar-refractivity contribution is 0.209. The number of anilines is 1. The first-order valence-corrected chi connectivity index (χ1v) is 7.98. The Morgan fingerprint density at radius 2 is 2.14 bits per heavy atom. The molecule has 0 unspecified atom stereocenters. The van der Waals surface area contributed by atoms with Crippen molar-refractivity contribution < 1.29 is 9.21 Å². The first kappa shape index (κ1) is 14.5. The van der Waals surface area contributed by atoms with Crippen LogP contribution in [0.3, 0.4) is 0 Å². The van der Waals surface area contributed by atoms with Gasteiger partial charge in [-0.05, 0) is 43.3 Å². The molecule has 1 aliphatic heterocycles. The average molecular weight is 313 g/mol. The molecule has 0 saturated carbocycles. The number of rotatable bonds is 2. The molecule has 0 aliphatic carbocycles. The number of hydrogen-bond acceptors (Lipinski definition) is 4. The Kier molecular flexibility index (Phi) is 4.07. The number of thioether (sulfide) groups is 1. The predicted molar refractivity (Wildman–Crippen MR) is 85.5 cm³/mol. The second kappa shape index (κ2) is 6.16. The summed E-state index contributed by atoms with van der Waals surface area (Å²) < 4.78 is 5.65. The van der Waals surface area contributed by atoms with Gasteiger partial charge in [0.15, 0.2) is 0 Å². The molecule has 0 spiro atoms. The molecule has 6 heteroatoms. The number of benzene rings is 1. The standard InChI is InChI=1S/C16H15N3O2S/c1-11-2-7-14(21-11)15-19(8-9-22-15)16(20)18-13-5-3-12(10-17)4-6-13/h2-7,15H,8-9H2,1H3,(H,18,20)/t15-/m1/s1. The lowest BCUT2D eigenvalue weighted by Gasteiger charge is -2.22. The molecule has 1 fully saturated rings. The van der Waals surface area contributed by atoms with Crippen LogP contribution in [0.25, 0.3) is 0 Å². The van der Waals surface area contributed by atoms with Crippen LogP contribution >= 0.6 is 11.8 Å². The molecular weight excluding hydrogens is 298 g/mol. The summed E-state index contributed by atoms with van der Waals surface area (Å²) in [6, 6.07) is 12.5. The SMILES string of the molecule is Cc1ccc([C@H]2SCCN2C(=O)Nc2ccc(C#N)cc2)o1. The summed E-state index contributed by atoms with van der Waals surface area (Å²) in [5.74, 6) is 2.52. The van der Waals surface area contributed by atoms with Crippen LogP contribution in [0.4, 0.5) is 10.5 Å². The summed E-state index contributed by atoms with van der Waals surface area (Å²) in [6.45, 7) is 2.57. The fourth-order valence-corrected chi connectivity index (χ4v) is 3.52. The van der Waals surface area contributed by atoms with Crippen molar-refractivity contribution in [3.05, 3.63) is 53.5 Å². The molecule has 3 rings (SSSR count). The van der Waals surface area contributed by atoms with E-state index < -0.39 is 0 Å². The van der Waals surface area contributed by atoms with E-state index in [9.17, 15) is 4.79 Å². The highest BCUT2D eigenvalue weighted by molar-refractivity contribution is 7.99. The number of hydrogen-bond donors (Lipinski definition) is 1. The minimum atomic E-state index is -0.159. The van der Waals surface area contributed by atoms with Crippen molar-refractivity contribution in [3.8, 4) is 6.07 Å². The summed E-state index contributed by atoms with van der Waals surface area (Å²) in [7, 11) is 0. The van der Waals surface area contributed by atoms with Gasteiger partial charge in [-0.3, -0.25) is 0 Å². The Balaban J connectivity index is 1.72. The molecule has 1 aromatic carbocycles. The monoisotopic (exact) mass is 313 g/mol.